The Bertz CT molecular complexity index is 928. The van der Waals surface area contributed by atoms with Crippen LogP contribution in [-0.4, -0.2) is 30.5 Å². The molecular formula is C18H18F3N5S. The first-order valence-corrected chi connectivity index (χ1v) is 9.59. The predicted molar refractivity (Wildman–Crippen MR) is 96.3 cm³/mol. The highest BCUT2D eigenvalue weighted by Crippen LogP contribution is 2.39. The Balaban J connectivity index is 1.59. The van der Waals surface area contributed by atoms with Gasteiger partial charge in [0, 0.05) is 13.0 Å². The first-order chi connectivity index (χ1) is 12.9. The smallest absolute Gasteiger partial charge is 0.317 e. The fraction of sp³-hybridized carbons (Fsp3) is 0.389. The molecule has 0 atom stereocenters. The number of hydrogen-bond acceptors (Lipinski definition) is 4. The van der Waals surface area contributed by atoms with Crippen molar-refractivity contribution in [2.24, 2.45) is 7.05 Å². The zero-order valence-electron chi connectivity index (χ0n) is 14.6. The van der Waals surface area contributed by atoms with E-state index in [-0.39, 0.29) is 0 Å². The first kappa shape index (κ1) is 18.1. The van der Waals surface area contributed by atoms with Gasteiger partial charge in [0.25, 0.3) is 0 Å². The number of halogens is 3. The first-order valence-electron chi connectivity index (χ1n) is 8.61. The van der Waals surface area contributed by atoms with Gasteiger partial charge in [0.05, 0.1) is 17.6 Å². The number of alkyl halides is 3. The van der Waals surface area contributed by atoms with Crippen LogP contribution in [0.15, 0.2) is 41.7 Å². The lowest BCUT2D eigenvalue weighted by Gasteiger charge is -2.14. The van der Waals surface area contributed by atoms with Gasteiger partial charge >= 0.3 is 6.18 Å². The molecule has 0 spiro atoms. The lowest BCUT2D eigenvalue weighted by molar-refractivity contribution is -0.141. The van der Waals surface area contributed by atoms with Gasteiger partial charge in [-0.25, -0.2) is 4.98 Å². The van der Waals surface area contributed by atoms with Crippen molar-refractivity contribution in [2.75, 3.05) is 0 Å². The summed E-state index contributed by atoms with van der Waals surface area (Å²) in [4.78, 5) is 4.24. The lowest BCUT2D eigenvalue weighted by atomic mass is 10.2. The second-order valence-electron chi connectivity index (χ2n) is 6.59. The molecule has 0 N–H and O–H groups in total. The summed E-state index contributed by atoms with van der Waals surface area (Å²) in [5.74, 6) is 2.58. The maximum absolute atomic E-state index is 13.1. The number of thioether (sulfide) groups is 1. The van der Waals surface area contributed by atoms with E-state index in [9.17, 15) is 13.2 Å². The molecule has 0 bridgehead atoms. The van der Waals surface area contributed by atoms with Crippen molar-refractivity contribution in [3.63, 3.8) is 0 Å². The van der Waals surface area contributed by atoms with Gasteiger partial charge in [0.1, 0.15) is 18.2 Å². The van der Waals surface area contributed by atoms with E-state index < -0.39 is 12.7 Å². The fourth-order valence-corrected chi connectivity index (χ4v) is 3.93. The number of benzene rings is 1. The van der Waals surface area contributed by atoms with E-state index in [0.717, 1.165) is 24.5 Å². The molecule has 5 nitrogen and oxygen atoms in total. The van der Waals surface area contributed by atoms with E-state index in [2.05, 4.69) is 15.2 Å². The van der Waals surface area contributed by atoms with Crippen LogP contribution >= 0.6 is 11.8 Å². The number of aromatic nitrogens is 5. The van der Waals surface area contributed by atoms with Crippen LogP contribution in [0.3, 0.4) is 0 Å². The SMILES string of the molecule is Cn1c(CSc2ncc(-c3ccccc3)n2CC(F)(F)F)nnc1C1CC1. The molecule has 2 heterocycles. The van der Waals surface area contributed by atoms with Crippen molar-refractivity contribution in [1.29, 1.82) is 0 Å². The summed E-state index contributed by atoms with van der Waals surface area (Å²) in [6.45, 7) is -1.08. The van der Waals surface area contributed by atoms with E-state index in [1.807, 2.05) is 17.7 Å². The summed E-state index contributed by atoms with van der Waals surface area (Å²) in [7, 11) is 1.90. The van der Waals surface area contributed by atoms with Gasteiger partial charge in [-0.1, -0.05) is 42.1 Å². The third-order valence-corrected chi connectivity index (χ3v) is 5.48. The Hall–Kier alpha value is -2.29. The van der Waals surface area contributed by atoms with Crippen molar-refractivity contribution < 1.29 is 13.2 Å². The minimum absolute atomic E-state index is 0.321. The molecule has 1 fully saturated rings. The minimum atomic E-state index is -4.33. The molecule has 1 aromatic carbocycles. The largest absolute Gasteiger partial charge is 0.406 e. The van der Waals surface area contributed by atoms with Crippen LogP contribution in [0, 0.1) is 0 Å². The molecule has 0 amide bonds. The van der Waals surface area contributed by atoms with Gasteiger partial charge in [0.2, 0.25) is 0 Å². The quantitative estimate of drug-likeness (QED) is 0.582. The minimum Gasteiger partial charge on any atom is -0.317 e. The molecule has 0 unspecified atom stereocenters. The molecule has 1 aliphatic carbocycles. The van der Waals surface area contributed by atoms with Gasteiger partial charge < -0.3 is 9.13 Å². The second-order valence-corrected chi connectivity index (χ2v) is 7.53. The van der Waals surface area contributed by atoms with Crippen LogP contribution in [0.25, 0.3) is 11.3 Å². The van der Waals surface area contributed by atoms with Crippen molar-refractivity contribution >= 4 is 11.8 Å². The number of hydrogen-bond donors (Lipinski definition) is 0. The van der Waals surface area contributed by atoms with E-state index in [1.54, 1.807) is 24.3 Å². The summed E-state index contributed by atoms with van der Waals surface area (Å²) < 4.78 is 42.6. The number of nitrogens with zero attached hydrogens (tertiary/aromatic N) is 5. The molecule has 0 aliphatic heterocycles. The highest BCUT2D eigenvalue weighted by atomic mass is 32.2. The molecular weight excluding hydrogens is 375 g/mol. The maximum atomic E-state index is 13.1. The third kappa shape index (κ3) is 4.02. The Labute approximate surface area is 158 Å². The molecule has 3 aromatic rings. The fourth-order valence-electron chi connectivity index (χ4n) is 2.97. The Morgan fingerprint density at radius 2 is 1.89 bits per heavy atom. The monoisotopic (exact) mass is 393 g/mol. The van der Waals surface area contributed by atoms with Crippen molar-refractivity contribution in [1.82, 2.24) is 24.3 Å². The zero-order chi connectivity index (χ0) is 19.0. The van der Waals surface area contributed by atoms with Crippen molar-refractivity contribution in [2.45, 2.75) is 42.4 Å². The molecule has 0 radical (unpaired) electrons. The Morgan fingerprint density at radius 1 is 1.15 bits per heavy atom. The van der Waals surface area contributed by atoms with Crippen LogP contribution < -0.4 is 0 Å². The standard InChI is InChI=1S/C18H18F3N5S/c1-25-15(23-24-16(25)13-7-8-13)10-27-17-22-9-14(12-5-3-2-4-6-12)26(17)11-18(19,20)21/h2-6,9,13H,7-8,10-11H2,1H3. The van der Waals surface area contributed by atoms with E-state index >= 15 is 0 Å². The van der Waals surface area contributed by atoms with Crippen LogP contribution in [0.2, 0.25) is 0 Å². The van der Waals surface area contributed by atoms with Crippen molar-refractivity contribution in [3.05, 3.63) is 48.2 Å². The summed E-state index contributed by atoms with van der Waals surface area (Å²) in [5.41, 5.74) is 1.16. The maximum Gasteiger partial charge on any atom is 0.406 e. The van der Waals surface area contributed by atoms with Crippen LogP contribution in [0.1, 0.15) is 30.4 Å². The normalized spacial score (nSPS) is 14.7. The van der Waals surface area contributed by atoms with Crippen LogP contribution in [-0.2, 0) is 19.3 Å². The van der Waals surface area contributed by atoms with Crippen LogP contribution in [0.5, 0.6) is 0 Å². The highest BCUT2D eigenvalue weighted by Gasteiger charge is 2.31. The Morgan fingerprint density at radius 3 is 2.56 bits per heavy atom. The molecule has 9 heteroatoms. The van der Waals surface area contributed by atoms with Crippen molar-refractivity contribution in [3.8, 4) is 11.3 Å². The summed E-state index contributed by atoms with van der Waals surface area (Å²) in [5, 5.41) is 8.73. The molecule has 142 valence electrons. The van der Waals surface area contributed by atoms with Gasteiger partial charge in [-0.05, 0) is 18.4 Å². The predicted octanol–water partition coefficient (Wildman–Crippen LogP) is 4.41. The molecule has 2 aromatic heterocycles. The average Bonchev–Trinajstić information content (AvgIpc) is 3.30. The highest BCUT2D eigenvalue weighted by molar-refractivity contribution is 7.98. The molecule has 4 rings (SSSR count). The number of rotatable bonds is 6. The van der Waals surface area contributed by atoms with E-state index in [4.69, 9.17) is 0 Å². The second kappa shape index (κ2) is 7.03. The van der Waals surface area contributed by atoms with E-state index in [1.165, 1.54) is 22.5 Å². The van der Waals surface area contributed by atoms with Gasteiger partial charge in [-0.15, -0.1) is 10.2 Å². The van der Waals surface area contributed by atoms with Crippen LogP contribution in [0.4, 0.5) is 13.2 Å². The number of imidazole rings is 1. The molecule has 1 saturated carbocycles. The van der Waals surface area contributed by atoms with Gasteiger partial charge in [-0.2, -0.15) is 13.2 Å². The molecule has 0 saturated heterocycles. The molecule has 27 heavy (non-hydrogen) atoms. The van der Waals surface area contributed by atoms with Gasteiger partial charge in [0.15, 0.2) is 5.16 Å². The summed E-state index contributed by atoms with van der Waals surface area (Å²) in [6, 6.07) is 8.99. The average molecular weight is 393 g/mol. The topological polar surface area (TPSA) is 48.5 Å². The Kier molecular flexibility index (Phi) is 4.71. The third-order valence-electron chi connectivity index (χ3n) is 4.50. The molecule has 1 aliphatic rings. The zero-order valence-corrected chi connectivity index (χ0v) is 15.5. The van der Waals surface area contributed by atoms with E-state index in [0.29, 0.717) is 28.1 Å². The summed E-state index contributed by atoms with van der Waals surface area (Å²) >= 11 is 1.24. The lowest BCUT2D eigenvalue weighted by Crippen LogP contribution is -2.19. The summed E-state index contributed by atoms with van der Waals surface area (Å²) in [6.07, 6.45) is -0.593. The van der Waals surface area contributed by atoms with Gasteiger partial charge in [-0.3, -0.25) is 0 Å².